The molecule has 2 aromatic rings. The van der Waals surface area contributed by atoms with Gasteiger partial charge in [-0.05, 0) is 37.3 Å². The molecule has 1 amide bonds. The van der Waals surface area contributed by atoms with E-state index < -0.39 is 0 Å². The second kappa shape index (κ2) is 8.40. The van der Waals surface area contributed by atoms with Crippen LogP contribution in [0.5, 0.6) is 0 Å². The van der Waals surface area contributed by atoms with E-state index in [1.165, 1.54) is 0 Å². The molecular formula is C20H24ClN3O3. The summed E-state index contributed by atoms with van der Waals surface area (Å²) >= 11 is 6.15. The van der Waals surface area contributed by atoms with Gasteiger partial charge in [0.05, 0.1) is 19.1 Å². The van der Waals surface area contributed by atoms with Gasteiger partial charge in [-0.25, -0.2) is 0 Å². The zero-order valence-electron chi connectivity index (χ0n) is 15.3. The Morgan fingerprint density at radius 2 is 2.00 bits per heavy atom. The van der Waals surface area contributed by atoms with Crippen molar-refractivity contribution >= 4 is 17.5 Å². The predicted molar refractivity (Wildman–Crippen MR) is 101 cm³/mol. The monoisotopic (exact) mass is 389 g/mol. The number of carbonyl (C=O) groups is 1. The van der Waals surface area contributed by atoms with Crippen molar-refractivity contribution in [3.63, 3.8) is 0 Å². The molecule has 0 N–H and O–H groups in total. The molecule has 1 aliphatic heterocycles. The van der Waals surface area contributed by atoms with Gasteiger partial charge in [-0.2, -0.15) is 4.98 Å². The van der Waals surface area contributed by atoms with Gasteiger partial charge in [-0.15, -0.1) is 0 Å². The highest BCUT2D eigenvalue weighted by Gasteiger charge is 2.29. The van der Waals surface area contributed by atoms with Crippen molar-refractivity contribution in [3.8, 4) is 0 Å². The average molecular weight is 390 g/mol. The van der Waals surface area contributed by atoms with Crippen LogP contribution < -0.4 is 0 Å². The largest absolute Gasteiger partial charge is 0.378 e. The molecule has 0 unspecified atom stereocenters. The van der Waals surface area contributed by atoms with Crippen molar-refractivity contribution in [1.82, 2.24) is 15.0 Å². The quantitative estimate of drug-likeness (QED) is 0.726. The van der Waals surface area contributed by atoms with Crippen LogP contribution in [0.1, 0.15) is 48.9 Å². The van der Waals surface area contributed by atoms with Gasteiger partial charge in [0.25, 0.3) is 0 Å². The minimum atomic E-state index is 0.126. The summed E-state index contributed by atoms with van der Waals surface area (Å²) in [6.07, 6.45) is 5.23. The fraction of sp³-hybridized carbons (Fsp3) is 0.550. The summed E-state index contributed by atoms with van der Waals surface area (Å²) < 4.78 is 11.2. The summed E-state index contributed by atoms with van der Waals surface area (Å²) in [5.41, 5.74) is 0.883. The van der Waals surface area contributed by atoms with Gasteiger partial charge in [0, 0.05) is 30.5 Å². The van der Waals surface area contributed by atoms with E-state index in [-0.39, 0.29) is 12.0 Å². The highest BCUT2D eigenvalue weighted by atomic mass is 35.5. The molecule has 144 valence electrons. The SMILES string of the molecule is O=C(Cc1ccccc1Cl)N1CCC(OCCc2noc(C3CC3)n2)CC1. The van der Waals surface area contributed by atoms with Crippen molar-refractivity contribution in [2.24, 2.45) is 0 Å². The van der Waals surface area contributed by atoms with Gasteiger partial charge in [0.2, 0.25) is 11.8 Å². The molecule has 1 aliphatic carbocycles. The van der Waals surface area contributed by atoms with Crippen molar-refractivity contribution in [2.45, 2.75) is 50.5 Å². The second-order valence-corrected chi connectivity index (χ2v) is 7.70. The molecule has 27 heavy (non-hydrogen) atoms. The van der Waals surface area contributed by atoms with Crippen molar-refractivity contribution in [1.29, 1.82) is 0 Å². The Kier molecular flexibility index (Phi) is 5.74. The standard InChI is InChI=1S/C20H24ClN3O3/c21-17-4-2-1-3-15(17)13-19(25)24-10-7-16(8-11-24)26-12-9-18-22-20(27-23-18)14-5-6-14/h1-4,14,16H,5-13H2. The molecule has 6 nitrogen and oxygen atoms in total. The van der Waals surface area contributed by atoms with Gasteiger partial charge in [0.15, 0.2) is 5.82 Å². The fourth-order valence-electron chi connectivity index (χ4n) is 3.37. The third kappa shape index (κ3) is 4.87. The number of hydrogen-bond donors (Lipinski definition) is 0. The minimum Gasteiger partial charge on any atom is -0.378 e. The maximum Gasteiger partial charge on any atom is 0.229 e. The zero-order chi connectivity index (χ0) is 18.6. The van der Waals surface area contributed by atoms with Crippen LogP contribution in [-0.4, -0.2) is 46.7 Å². The van der Waals surface area contributed by atoms with E-state index in [1.807, 2.05) is 29.2 Å². The molecule has 2 aliphatic rings. The first kappa shape index (κ1) is 18.4. The molecule has 1 aromatic heterocycles. The maximum absolute atomic E-state index is 12.5. The number of likely N-dealkylation sites (tertiary alicyclic amines) is 1. The second-order valence-electron chi connectivity index (χ2n) is 7.29. The Morgan fingerprint density at radius 1 is 1.22 bits per heavy atom. The Hall–Kier alpha value is -1.92. The lowest BCUT2D eigenvalue weighted by atomic mass is 10.1. The lowest BCUT2D eigenvalue weighted by Gasteiger charge is -2.32. The van der Waals surface area contributed by atoms with Crippen LogP contribution in [0.15, 0.2) is 28.8 Å². The van der Waals surface area contributed by atoms with E-state index in [1.54, 1.807) is 0 Å². The van der Waals surface area contributed by atoms with Crippen LogP contribution >= 0.6 is 11.6 Å². The number of halogens is 1. The maximum atomic E-state index is 12.5. The predicted octanol–water partition coefficient (Wildman–Crippen LogP) is 3.39. The first-order valence-corrected chi connectivity index (χ1v) is 10.0. The van der Waals surface area contributed by atoms with E-state index in [2.05, 4.69) is 10.1 Å². The van der Waals surface area contributed by atoms with Crippen LogP contribution in [0.2, 0.25) is 5.02 Å². The van der Waals surface area contributed by atoms with E-state index in [4.69, 9.17) is 20.9 Å². The third-order valence-corrected chi connectivity index (χ3v) is 5.55. The van der Waals surface area contributed by atoms with E-state index >= 15 is 0 Å². The first-order chi connectivity index (χ1) is 13.2. The fourth-order valence-corrected chi connectivity index (χ4v) is 3.57. The van der Waals surface area contributed by atoms with Crippen LogP contribution in [0, 0.1) is 0 Å². The van der Waals surface area contributed by atoms with Gasteiger partial charge in [-0.3, -0.25) is 4.79 Å². The number of amides is 1. The number of piperidine rings is 1. The lowest BCUT2D eigenvalue weighted by molar-refractivity contribution is -0.133. The van der Waals surface area contributed by atoms with Gasteiger partial charge >= 0.3 is 0 Å². The van der Waals surface area contributed by atoms with Crippen molar-refractivity contribution < 1.29 is 14.1 Å². The molecule has 1 saturated heterocycles. The van der Waals surface area contributed by atoms with E-state index in [0.29, 0.717) is 30.4 Å². The Morgan fingerprint density at radius 3 is 2.74 bits per heavy atom. The number of benzene rings is 1. The molecule has 7 heteroatoms. The molecule has 0 bridgehead atoms. The minimum absolute atomic E-state index is 0.126. The third-order valence-electron chi connectivity index (χ3n) is 5.18. The Balaban J connectivity index is 1.17. The van der Waals surface area contributed by atoms with E-state index in [9.17, 15) is 4.79 Å². The molecule has 1 saturated carbocycles. The molecule has 2 fully saturated rings. The number of carbonyl (C=O) groups excluding carboxylic acids is 1. The zero-order valence-corrected chi connectivity index (χ0v) is 16.0. The number of nitrogens with zero attached hydrogens (tertiary/aromatic N) is 3. The highest BCUT2D eigenvalue weighted by Crippen LogP contribution is 2.38. The molecule has 0 atom stereocenters. The normalized spacial score (nSPS) is 18.0. The Labute approximate surface area is 163 Å². The molecule has 1 aromatic carbocycles. The number of hydrogen-bond acceptors (Lipinski definition) is 5. The van der Waals surface area contributed by atoms with Crippen LogP contribution in [0.4, 0.5) is 0 Å². The van der Waals surface area contributed by atoms with Gasteiger partial charge < -0.3 is 14.2 Å². The topological polar surface area (TPSA) is 68.5 Å². The van der Waals surface area contributed by atoms with Crippen LogP contribution in [0.25, 0.3) is 0 Å². The summed E-state index contributed by atoms with van der Waals surface area (Å²) in [4.78, 5) is 18.8. The van der Waals surface area contributed by atoms with Crippen LogP contribution in [0.3, 0.4) is 0 Å². The Bertz CT molecular complexity index is 782. The summed E-state index contributed by atoms with van der Waals surface area (Å²) in [6, 6.07) is 7.51. The van der Waals surface area contributed by atoms with Crippen LogP contribution in [-0.2, 0) is 22.4 Å². The summed E-state index contributed by atoms with van der Waals surface area (Å²) in [5.74, 6) is 2.11. The van der Waals surface area contributed by atoms with Crippen molar-refractivity contribution in [3.05, 3.63) is 46.6 Å². The summed E-state index contributed by atoms with van der Waals surface area (Å²) in [7, 11) is 0. The summed E-state index contributed by atoms with van der Waals surface area (Å²) in [5, 5.41) is 4.66. The lowest BCUT2D eigenvalue weighted by Crippen LogP contribution is -2.41. The number of aromatic nitrogens is 2. The molecule has 2 heterocycles. The number of ether oxygens (including phenoxy) is 1. The van der Waals surface area contributed by atoms with E-state index in [0.717, 1.165) is 56.1 Å². The number of rotatable bonds is 7. The van der Waals surface area contributed by atoms with Crippen molar-refractivity contribution in [2.75, 3.05) is 19.7 Å². The molecule has 0 radical (unpaired) electrons. The smallest absolute Gasteiger partial charge is 0.229 e. The first-order valence-electron chi connectivity index (χ1n) is 9.64. The molecular weight excluding hydrogens is 366 g/mol. The molecule has 0 spiro atoms. The van der Waals surface area contributed by atoms with Gasteiger partial charge in [0.1, 0.15) is 0 Å². The average Bonchev–Trinajstić information content (AvgIpc) is 3.43. The van der Waals surface area contributed by atoms with Gasteiger partial charge in [-0.1, -0.05) is 35.0 Å². The highest BCUT2D eigenvalue weighted by molar-refractivity contribution is 6.31. The summed E-state index contributed by atoms with van der Waals surface area (Å²) in [6.45, 7) is 2.03. The molecule has 4 rings (SSSR count).